The van der Waals surface area contributed by atoms with Crippen LogP contribution in [0.15, 0.2) is 61.1 Å². The molecule has 13 heteroatoms. The molecular formula is C39H38ClFN6O5. The molecule has 1 aliphatic rings. The molecule has 7 rings (SSSR count). The lowest BCUT2D eigenvalue weighted by Gasteiger charge is -2.35. The van der Waals surface area contributed by atoms with E-state index in [-0.39, 0.29) is 24.2 Å². The number of fused-ring (bicyclic) bond motifs is 3. The van der Waals surface area contributed by atoms with Crippen LogP contribution in [0.2, 0.25) is 5.02 Å². The molecule has 0 spiro atoms. The first-order valence-electron chi connectivity index (χ1n) is 17.2. The molecule has 0 unspecified atom stereocenters. The maximum atomic E-state index is 13.8. The number of carbonyl (C=O) groups excluding carboxylic acids is 1. The van der Waals surface area contributed by atoms with Crippen molar-refractivity contribution in [2.75, 3.05) is 39.3 Å². The number of carboxylic acid groups (broad SMARTS) is 1. The Morgan fingerprint density at radius 1 is 1.08 bits per heavy atom. The minimum atomic E-state index is -1.05. The summed E-state index contributed by atoms with van der Waals surface area (Å²) in [6.45, 7) is 8.98. The van der Waals surface area contributed by atoms with Crippen molar-refractivity contribution in [1.29, 1.82) is 0 Å². The molecule has 3 aromatic carbocycles. The molecule has 268 valence electrons. The number of carbonyl (C=O) groups is 2. The number of ether oxygens (including phenoxy) is 2. The maximum absolute atomic E-state index is 13.8. The Kier molecular flexibility index (Phi) is 9.65. The number of nitrogens with zero attached hydrogens (tertiary/aromatic N) is 6. The van der Waals surface area contributed by atoms with Crippen molar-refractivity contribution in [1.82, 2.24) is 29.0 Å². The van der Waals surface area contributed by atoms with Gasteiger partial charge in [0.05, 0.1) is 28.9 Å². The standard InChI is InChI=1S/C39H38ClFN6O5/c1-39(2,3)52-38(50)45-19-16-44(17-20-45)18-21-46-34-29(12-13-31(40)33(34)30-24-43-47-15-6-14-42-36(30)47)28(35(46)37(48)49)8-5-22-51-32-9-4-7-25-23-26(41)10-11-27(25)32/h6,9-15,23-24H,5,8,16-22H2,1-3H3,(H,48,49). The van der Waals surface area contributed by atoms with Gasteiger partial charge in [-0.1, -0.05) is 29.8 Å². The zero-order valence-electron chi connectivity index (χ0n) is 29.2. The van der Waals surface area contributed by atoms with Gasteiger partial charge in [-0.3, -0.25) is 4.90 Å². The predicted molar refractivity (Wildman–Crippen MR) is 196 cm³/mol. The van der Waals surface area contributed by atoms with Gasteiger partial charge in [-0.25, -0.2) is 23.5 Å². The first-order valence-corrected chi connectivity index (χ1v) is 17.6. The van der Waals surface area contributed by atoms with Gasteiger partial charge in [0.25, 0.3) is 0 Å². The number of benzene rings is 2. The molecule has 1 fully saturated rings. The van der Waals surface area contributed by atoms with Crippen molar-refractivity contribution in [3.8, 4) is 16.9 Å². The quantitative estimate of drug-likeness (QED) is 0.148. The fraction of sp³-hybridized carbons (Fsp3) is 0.333. The number of aryl methyl sites for hydroxylation is 1. The second-order valence-electron chi connectivity index (χ2n) is 13.8. The van der Waals surface area contributed by atoms with E-state index in [1.807, 2.05) is 31.4 Å². The van der Waals surface area contributed by atoms with E-state index in [2.05, 4.69) is 27.1 Å². The molecule has 3 aromatic heterocycles. The molecule has 0 atom stereocenters. The van der Waals surface area contributed by atoms with Crippen LogP contribution in [0.1, 0.15) is 43.2 Å². The number of rotatable bonds is 10. The summed E-state index contributed by atoms with van der Waals surface area (Å²) in [6.07, 6.45) is 5.76. The number of aromatic nitrogens is 4. The lowest BCUT2D eigenvalue weighted by atomic mass is 10.0. The van der Waals surface area contributed by atoms with Crippen LogP contribution in [0.3, 0.4) is 0 Å². The topological polar surface area (TPSA) is 114 Å². The van der Waals surface area contributed by atoms with Gasteiger partial charge in [0.1, 0.15) is 22.9 Å². The average Bonchev–Trinajstić information content (AvgIpc) is 3.67. The Labute approximate surface area is 305 Å². The summed E-state index contributed by atoms with van der Waals surface area (Å²) in [5.41, 5.74) is 2.90. The Morgan fingerprint density at radius 2 is 1.87 bits per heavy atom. The average molecular weight is 725 g/mol. The number of piperazine rings is 1. The van der Waals surface area contributed by atoms with Crippen molar-refractivity contribution < 1.29 is 28.6 Å². The zero-order chi connectivity index (χ0) is 36.6. The third kappa shape index (κ3) is 7.07. The van der Waals surface area contributed by atoms with Gasteiger partial charge >= 0.3 is 12.1 Å². The highest BCUT2D eigenvalue weighted by Crippen LogP contribution is 2.41. The van der Waals surface area contributed by atoms with E-state index >= 15 is 0 Å². The molecule has 11 nitrogen and oxygen atoms in total. The van der Waals surface area contributed by atoms with E-state index < -0.39 is 11.6 Å². The van der Waals surface area contributed by atoms with Gasteiger partial charge in [-0.05, 0) is 69.5 Å². The number of hydrogen-bond donors (Lipinski definition) is 1. The van der Waals surface area contributed by atoms with Crippen molar-refractivity contribution in [3.63, 3.8) is 0 Å². The SMILES string of the molecule is CC(C)(C)OC(=O)N1CCN(CCn2c(C(=O)O)c(CCCOc3cc#cc4cc(F)ccc34)c3ccc(Cl)c(-c4cnn5cccnc45)c32)CC1. The highest BCUT2D eigenvalue weighted by Gasteiger charge is 2.29. The molecule has 1 aliphatic heterocycles. The molecule has 0 saturated carbocycles. The zero-order valence-corrected chi connectivity index (χ0v) is 29.9. The molecule has 1 N–H and O–H groups in total. The number of hydrogen-bond acceptors (Lipinski definition) is 7. The first-order chi connectivity index (χ1) is 25.0. The molecular weight excluding hydrogens is 687 g/mol. The van der Waals surface area contributed by atoms with E-state index in [0.29, 0.717) is 96.1 Å². The van der Waals surface area contributed by atoms with Crippen LogP contribution in [0.4, 0.5) is 9.18 Å². The molecule has 1 amide bonds. The Bertz CT molecular complexity index is 2290. The van der Waals surface area contributed by atoms with Crippen LogP contribution in [0.5, 0.6) is 5.75 Å². The van der Waals surface area contributed by atoms with Gasteiger partial charge in [0, 0.05) is 79.5 Å². The Hall–Kier alpha value is -5.38. The summed E-state index contributed by atoms with van der Waals surface area (Å²) in [5.74, 6) is -0.867. The smallest absolute Gasteiger partial charge is 0.410 e. The summed E-state index contributed by atoms with van der Waals surface area (Å²) in [5, 5.41) is 17.8. The second-order valence-corrected chi connectivity index (χ2v) is 14.2. The summed E-state index contributed by atoms with van der Waals surface area (Å²) in [4.78, 5) is 34.4. The number of aromatic carboxylic acids is 1. The van der Waals surface area contributed by atoms with Crippen LogP contribution in [0.25, 0.3) is 38.4 Å². The normalized spacial score (nSPS) is 13.9. The van der Waals surface area contributed by atoms with Gasteiger partial charge in [-0.15, -0.1) is 0 Å². The van der Waals surface area contributed by atoms with Gasteiger partial charge in [0.2, 0.25) is 0 Å². The summed E-state index contributed by atoms with van der Waals surface area (Å²) < 4.78 is 29.0. The van der Waals surface area contributed by atoms with Crippen LogP contribution in [-0.2, 0) is 17.7 Å². The second kappa shape index (κ2) is 14.3. The molecule has 0 aliphatic carbocycles. The lowest BCUT2D eigenvalue weighted by Crippen LogP contribution is -2.50. The summed E-state index contributed by atoms with van der Waals surface area (Å²) in [6, 6.07) is 17.3. The number of carboxylic acids is 1. The Morgan fingerprint density at radius 3 is 2.63 bits per heavy atom. The largest absolute Gasteiger partial charge is 0.492 e. The maximum Gasteiger partial charge on any atom is 0.410 e. The van der Waals surface area contributed by atoms with E-state index in [9.17, 15) is 19.1 Å². The van der Waals surface area contributed by atoms with Gasteiger partial charge < -0.3 is 24.0 Å². The molecule has 1 saturated heterocycles. The highest BCUT2D eigenvalue weighted by atomic mass is 35.5. The predicted octanol–water partition coefficient (Wildman–Crippen LogP) is 7.16. The van der Waals surface area contributed by atoms with Crippen molar-refractivity contribution in [2.45, 2.75) is 45.8 Å². The van der Waals surface area contributed by atoms with Crippen LogP contribution >= 0.6 is 11.6 Å². The molecule has 4 heterocycles. The summed E-state index contributed by atoms with van der Waals surface area (Å²) in [7, 11) is 0. The van der Waals surface area contributed by atoms with Gasteiger partial charge in [-0.2, -0.15) is 5.10 Å². The fourth-order valence-electron chi connectivity index (χ4n) is 6.84. The van der Waals surface area contributed by atoms with Gasteiger partial charge in [0.15, 0.2) is 5.65 Å². The molecule has 0 bridgehead atoms. The number of amides is 1. The Balaban J connectivity index is 1.20. The van der Waals surface area contributed by atoms with Crippen LogP contribution in [0, 0.1) is 17.9 Å². The lowest BCUT2D eigenvalue weighted by molar-refractivity contribution is 0.0142. The van der Waals surface area contributed by atoms with E-state index in [0.717, 1.165) is 10.8 Å². The fourth-order valence-corrected chi connectivity index (χ4v) is 7.09. The minimum absolute atomic E-state index is 0.180. The van der Waals surface area contributed by atoms with E-state index in [4.69, 9.17) is 21.1 Å². The van der Waals surface area contributed by atoms with E-state index in [1.54, 1.807) is 52.3 Å². The van der Waals surface area contributed by atoms with Crippen LogP contribution < -0.4 is 4.74 Å². The third-order valence-electron chi connectivity index (χ3n) is 9.18. The first kappa shape index (κ1) is 35.0. The molecule has 6 aromatic rings. The molecule has 0 radical (unpaired) electrons. The summed E-state index contributed by atoms with van der Waals surface area (Å²) >= 11 is 6.97. The number of halogens is 2. The van der Waals surface area contributed by atoms with Crippen molar-refractivity contribution in [3.05, 3.63) is 95.3 Å². The van der Waals surface area contributed by atoms with E-state index in [1.165, 1.54) is 12.1 Å². The van der Waals surface area contributed by atoms with Crippen molar-refractivity contribution >= 4 is 51.0 Å². The third-order valence-corrected chi connectivity index (χ3v) is 9.49. The van der Waals surface area contributed by atoms with Crippen LogP contribution in [-0.4, -0.2) is 91.1 Å². The molecule has 52 heavy (non-hydrogen) atoms. The van der Waals surface area contributed by atoms with Crippen molar-refractivity contribution in [2.24, 2.45) is 0 Å². The monoisotopic (exact) mass is 724 g/mol. The minimum Gasteiger partial charge on any atom is -0.492 e. The highest BCUT2D eigenvalue weighted by molar-refractivity contribution is 6.35.